The van der Waals surface area contributed by atoms with Gasteiger partial charge in [-0.25, -0.2) is 9.67 Å². The molecule has 2 aromatic heterocycles. The Hall–Kier alpha value is -3.24. The van der Waals surface area contributed by atoms with Crippen LogP contribution in [0.15, 0.2) is 59.2 Å². The van der Waals surface area contributed by atoms with Crippen LogP contribution >= 0.6 is 11.6 Å². The van der Waals surface area contributed by atoms with Crippen LogP contribution in [-0.2, 0) is 6.42 Å². The minimum Gasteiger partial charge on any atom is -0.397 e. The molecule has 7 nitrogen and oxygen atoms in total. The third-order valence-corrected chi connectivity index (χ3v) is 4.32. The number of nitrogens with one attached hydrogen (secondary N) is 2. The van der Waals surface area contributed by atoms with Crippen LogP contribution in [0.5, 0.6) is 0 Å². The first-order chi connectivity index (χ1) is 13.7. The molecule has 0 amide bonds. The molecular weight excluding hydrogens is 409 g/mol. The predicted octanol–water partition coefficient (Wildman–Crippen LogP) is 2.46. The van der Waals surface area contributed by atoms with E-state index in [0.29, 0.717) is 17.1 Å². The van der Waals surface area contributed by atoms with E-state index in [1.54, 1.807) is 17.6 Å². The van der Waals surface area contributed by atoms with Crippen LogP contribution in [0.4, 0.5) is 13.2 Å². The normalized spacial score (nSPS) is 12.6. The zero-order chi connectivity index (χ0) is 21.2. The number of hydrazine groups is 1. The molecule has 0 aliphatic rings. The summed E-state index contributed by atoms with van der Waals surface area (Å²) in [5.41, 5.74) is 6.36. The van der Waals surface area contributed by atoms with Crippen LogP contribution in [0.2, 0.25) is 5.02 Å². The van der Waals surface area contributed by atoms with Crippen molar-refractivity contribution in [2.45, 2.75) is 12.6 Å². The lowest BCUT2D eigenvalue weighted by atomic mass is 10.1. The molecule has 2 heterocycles. The number of nitrogens with two attached hydrogens (primary N) is 2. The summed E-state index contributed by atoms with van der Waals surface area (Å²) in [5.74, 6) is 5.04. The molecule has 3 rings (SSSR count). The summed E-state index contributed by atoms with van der Waals surface area (Å²) in [4.78, 5) is 16.4. The lowest BCUT2D eigenvalue weighted by Gasteiger charge is -2.14. The van der Waals surface area contributed by atoms with Gasteiger partial charge in [0.1, 0.15) is 0 Å². The minimum absolute atomic E-state index is 0.000950. The predicted molar refractivity (Wildman–Crippen MR) is 103 cm³/mol. The minimum atomic E-state index is -4.77. The van der Waals surface area contributed by atoms with Crippen LogP contribution < -0.4 is 22.6 Å². The highest BCUT2D eigenvalue weighted by Crippen LogP contribution is 2.27. The number of benzene rings is 1. The van der Waals surface area contributed by atoms with Crippen molar-refractivity contribution in [3.8, 4) is 5.82 Å². The molecule has 0 aliphatic heterocycles. The Kier molecular flexibility index (Phi) is 5.66. The Bertz CT molecular complexity index is 1100. The fourth-order valence-corrected chi connectivity index (χ4v) is 2.82. The van der Waals surface area contributed by atoms with E-state index < -0.39 is 23.1 Å². The highest BCUT2D eigenvalue weighted by atomic mass is 35.5. The Morgan fingerprint density at radius 2 is 1.90 bits per heavy atom. The number of hydrogen-bond donors (Lipinski definition) is 4. The fraction of sp³-hybridized carbons (Fsp3) is 0.111. The van der Waals surface area contributed by atoms with E-state index in [9.17, 15) is 18.0 Å². The van der Waals surface area contributed by atoms with Crippen molar-refractivity contribution in [3.05, 3.63) is 86.6 Å². The van der Waals surface area contributed by atoms with Gasteiger partial charge in [0.2, 0.25) is 0 Å². The molecule has 29 heavy (non-hydrogen) atoms. The van der Waals surface area contributed by atoms with Crippen LogP contribution in [0, 0.1) is 0 Å². The van der Waals surface area contributed by atoms with Crippen molar-refractivity contribution >= 4 is 17.3 Å². The fourth-order valence-electron chi connectivity index (χ4n) is 2.69. The lowest BCUT2D eigenvalue weighted by Crippen LogP contribution is -2.34. The third-order valence-electron chi connectivity index (χ3n) is 4.06. The van der Waals surface area contributed by atoms with Crippen molar-refractivity contribution in [3.63, 3.8) is 0 Å². The number of pyridine rings is 1. The Morgan fingerprint density at radius 3 is 2.52 bits per heavy atom. The van der Waals surface area contributed by atoms with Crippen LogP contribution in [0.3, 0.4) is 0 Å². The Labute approximate surface area is 167 Å². The maximum absolute atomic E-state index is 13.0. The standard InChI is InChI=1S/C18H16ClF3N6O/c19-12-3-1-10(2-4-12)7-13-9-15(29)28(27-13)14-8-11(5-6-25-14)16(23)17(26-24)18(20,21)22/h1-6,8-9,26-27H,7,23-24H2/b17-16-. The average Bonchev–Trinajstić information content (AvgIpc) is 3.03. The summed E-state index contributed by atoms with van der Waals surface area (Å²) in [6.07, 6.45) is -3.10. The third kappa shape index (κ3) is 4.61. The molecule has 0 spiro atoms. The average molecular weight is 425 g/mol. The van der Waals surface area contributed by atoms with Crippen molar-refractivity contribution < 1.29 is 13.2 Å². The quantitative estimate of drug-likeness (QED) is 0.371. The van der Waals surface area contributed by atoms with E-state index in [0.717, 1.165) is 10.2 Å². The monoisotopic (exact) mass is 424 g/mol. The molecule has 6 N–H and O–H groups in total. The van der Waals surface area contributed by atoms with Gasteiger partial charge in [0, 0.05) is 35.0 Å². The van der Waals surface area contributed by atoms with Crippen molar-refractivity contribution in [2.24, 2.45) is 11.6 Å². The summed E-state index contributed by atoms with van der Waals surface area (Å²) in [6.45, 7) is 0. The van der Waals surface area contributed by atoms with Crippen molar-refractivity contribution in [1.82, 2.24) is 20.2 Å². The second-order valence-electron chi connectivity index (χ2n) is 6.09. The zero-order valence-corrected chi connectivity index (χ0v) is 15.6. The summed E-state index contributed by atoms with van der Waals surface area (Å²) >= 11 is 5.86. The van der Waals surface area contributed by atoms with Crippen LogP contribution in [0.1, 0.15) is 16.8 Å². The topological polar surface area (TPSA) is 115 Å². The maximum Gasteiger partial charge on any atom is 0.434 e. The SMILES string of the molecule is NN/C(=C(\N)c1ccnc(-n2[nH]c(Cc3ccc(Cl)cc3)cc2=O)c1)C(F)(F)F. The molecule has 152 valence electrons. The first-order valence-corrected chi connectivity index (χ1v) is 8.62. The van der Waals surface area contributed by atoms with Gasteiger partial charge < -0.3 is 11.2 Å². The number of aromatic nitrogens is 3. The zero-order valence-electron chi connectivity index (χ0n) is 14.8. The van der Waals surface area contributed by atoms with Gasteiger partial charge in [-0.1, -0.05) is 23.7 Å². The largest absolute Gasteiger partial charge is 0.434 e. The van der Waals surface area contributed by atoms with E-state index in [-0.39, 0.29) is 11.4 Å². The summed E-state index contributed by atoms with van der Waals surface area (Å²) in [5, 5.41) is 3.48. The molecular formula is C18H16ClF3N6O. The van der Waals surface area contributed by atoms with Crippen molar-refractivity contribution in [2.75, 3.05) is 0 Å². The molecule has 0 bridgehead atoms. The van der Waals surface area contributed by atoms with Crippen molar-refractivity contribution in [1.29, 1.82) is 0 Å². The van der Waals surface area contributed by atoms with E-state index >= 15 is 0 Å². The molecule has 0 atom stereocenters. The van der Waals surface area contributed by atoms with E-state index in [1.807, 2.05) is 12.1 Å². The molecule has 0 unspecified atom stereocenters. The maximum atomic E-state index is 13.0. The highest BCUT2D eigenvalue weighted by molar-refractivity contribution is 6.30. The highest BCUT2D eigenvalue weighted by Gasteiger charge is 2.36. The number of rotatable bonds is 5. The number of aromatic amines is 1. The molecule has 0 aliphatic carbocycles. The van der Waals surface area contributed by atoms with Gasteiger partial charge in [-0.2, -0.15) is 13.2 Å². The van der Waals surface area contributed by atoms with Gasteiger partial charge in [-0.3, -0.25) is 15.7 Å². The van der Waals surface area contributed by atoms with Gasteiger partial charge >= 0.3 is 6.18 Å². The summed E-state index contributed by atoms with van der Waals surface area (Å²) < 4.78 is 40.2. The molecule has 11 heteroatoms. The second-order valence-corrected chi connectivity index (χ2v) is 6.53. The molecule has 0 saturated heterocycles. The molecule has 0 fully saturated rings. The molecule has 0 radical (unpaired) electrons. The van der Waals surface area contributed by atoms with Crippen LogP contribution in [-0.4, -0.2) is 20.9 Å². The van der Waals surface area contributed by atoms with Gasteiger partial charge in [0.25, 0.3) is 5.56 Å². The number of H-pyrrole nitrogens is 1. The number of hydrogen-bond acceptors (Lipinski definition) is 5. The van der Waals surface area contributed by atoms with E-state index in [1.165, 1.54) is 24.4 Å². The smallest absolute Gasteiger partial charge is 0.397 e. The number of nitrogens with zero attached hydrogens (tertiary/aromatic N) is 2. The number of allylic oxidation sites excluding steroid dienone is 1. The first kappa shape index (κ1) is 20.5. The van der Waals surface area contributed by atoms with E-state index in [4.69, 9.17) is 23.2 Å². The number of halogens is 4. The van der Waals surface area contributed by atoms with Gasteiger partial charge in [-0.15, -0.1) is 0 Å². The summed E-state index contributed by atoms with van der Waals surface area (Å²) in [6, 6.07) is 11.0. The first-order valence-electron chi connectivity index (χ1n) is 8.25. The number of alkyl halides is 3. The van der Waals surface area contributed by atoms with Gasteiger partial charge in [0.05, 0.1) is 5.70 Å². The molecule has 3 aromatic rings. The second kappa shape index (κ2) is 8.02. The van der Waals surface area contributed by atoms with Gasteiger partial charge in [-0.05, 0) is 29.8 Å². The molecule has 0 saturated carbocycles. The Morgan fingerprint density at radius 1 is 1.21 bits per heavy atom. The van der Waals surface area contributed by atoms with Gasteiger partial charge in [0.15, 0.2) is 11.5 Å². The summed E-state index contributed by atoms with van der Waals surface area (Å²) in [7, 11) is 0. The Balaban J connectivity index is 1.95. The van der Waals surface area contributed by atoms with Crippen LogP contribution in [0.25, 0.3) is 11.5 Å². The molecule has 1 aromatic carbocycles. The lowest BCUT2D eigenvalue weighted by molar-refractivity contribution is -0.0961. The van der Waals surface area contributed by atoms with E-state index in [2.05, 4.69) is 10.1 Å².